The molecule has 0 spiro atoms. The first kappa shape index (κ1) is 17.9. The maximum atomic E-state index is 5.58. The normalized spacial score (nSPS) is 20.2. The van der Waals surface area contributed by atoms with Crippen LogP contribution in [0.4, 0.5) is 0 Å². The van der Waals surface area contributed by atoms with E-state index in [1.54, 1.807) is 7.11 Å². The lowest BCUT2D eigenvalue weighted by atomic mass is 9.79. The van der Waals surface area contributed by atoms with Gasteiger partial charge in [0.05, 0.1) is 6.61 Å². The van der Waals surface area contributed by atoms with E-state index in [0.717, 1.165) is 46.0 Å². The van der Waals surface area contributed by atoms with Gasteiger partial charge in [-0.05, 0) is 44.7 Å². The Hall–Kier alpha value is -0.160. The maximum Gasteiger partial charge on any atom is 0.0615 e. The minimum Gasteiger partial charge on any atom is -0.383 e. The fraction of sp³-hybridized carbons (Fsp3) is 1.00. The molecule has 0 aromatic rings. The molecule has 4 heteroatoms. The van der Waals surface area contributed by atoms with Crippen molar-refractivity contribution in [3.8, 4) is 0 Å². The Balaban J connectivity index is 2.61. The van der Waals surface area contributed by atoms with Crippen molar-refractivity contribution < 1.29 is 9.47 Å². The molecule has 1 N–H and O–H groups in total. The molecular formula is C16H34N2O2. The first-order chi connectivity index (χ1) is 9.67. The molecule has 0 amide bonds. The summed E-state index contributed by atoms with van der Waals surface area (Å²) in [5, 5.41) is 3.63. The molecule has 0 bridgehead atoms. The predicted octanol–water partition coefficient (Wildman–Crippen LogP) is 2.14. The second-order valence-electron chi connectivity index (χ2n) is 6.16. The molecule has 1 aliphatic rings. The largest absolute Gasteiger partial charge is 0.383 e. The molecule has 1 fully saturated rings. The van der Waals surface area contributed by atoms with Gasteiger partial charge in [-0.15, -0.1) is 0 Å². The smallest absolute Gasteiger partial charge is 0.0615 e. The van der Waals surface area contributed by atoms with E-state index < -0.39 is 0 Å². The zero-order chi connectivity index (χ0) is 14.8. The Morgan fingerprint density at radius 1 is 1.30 bits per heavy atom. The van der Waals surface area contributed by atoms with Gasteiger partial charge in [0.25, 0.3) is 0 Å². The van der Waals surface area contributed by atoms with Gasteiger partial charge in [0.15, 0.2) is 0 Å². The molecule has 1 atom stereocenters. The van der Waals surface area contributed by atoms with Gasteiger partial charge in [0.1, 0.15) is 0 Å². The highest BCUT2D eigenvalue weighted by molar-refractivity contribution is 4.88. The summed E-state index contributed by atoms with van der Waals surface area (Å²) < 4.78 is 10.9. The van der Waals surface area contributed by atoms with Crippen molar-refractivity contribution in [2.75, 3.05) is 53.1 Å². The van der Waals surface area contributed by atoms with E-state index in [2.05, 4.69) is 31.0 Å². The lowest BCUT2D eigenvalue weighted by Gasteiger charge is -2.42. The van der Waals surface area contributed by atoms with Crippen LogP contribution in [0.1, 0.15) is 40.0 Å². The number of nitrogens with one attached hydrogen (secondary N) is 1. The van der Waals surface area contributed by atoms with Crippen molar-refractivity contribution in [2.45, 2.75) is 46.1 Å². The summed E-state index contributed by atoms with van der Waals surface area (Å²) in [6.07, 6.45) is 3.53. The van der Waals surface area contributed by atoms with E-state index in [1.165, 1.54) is 19.3 Å². The van der Waals surface area contributed by atoms with Crippen molar-refractivity contribution in [2.24, 2.45) is 5.41 Å². The predicted molar refractivity (Wildman–Crippen MR) is 84.2 cm³/mol. The Labute approximate surface area is 125 Å². The first-order valence-corrected chi connectivity index (χ1v) is 8.19. The van der Waals surface area contributed by atoms with E-state index in [1.807, 2.05) is 0 Å². The van der Waals surface area contributed by atoms with Crippen molar-refractivity contribution in [3.05, 3.63) is 0 Å². The lowest BCUT2D eigenvalue weighted by molar-refractivity contribution is -0.0162. The van der Waals surface area contributed by atoms with Gasteiger partial charge in [-0.3, -0.25) is 4.90 Å². The van der Waals surface area contributed by atoms with E-state index in [9.17, 15) is 0 Å². The van der Waals surface area contributed by atoms with Crippen LogP contribution in [-0.2, 0) is 9.47 Å². The highest BCUT2D eigenvalue weighted by Gasteiger charge is 2.34. The molecular weight excluding hydrogens is 252 g/mol. The third kappa shape index (κ3) is 5.68. The summed E-state index contributed by atoms with van der Waals surface area (Å²) in [6, 6.07) is 0.482. The zero-order valence-electron chi connectivity index (χ0n) is 13.9. The quantitative estimate of drug-likeness (QED) is 0.624. The van der Waals surface area contributed by atoms with Crippen molar-refractivity contribution >= 4 is 0 Å². The molecule has 120 valence electrons. The third-order valence-corrected chi connectivity index (χ3v) is 4.46. The molecule has 1 saturated heterocycles. The third-order valence-electron chi connectivity index (χ3n) is 4.46. The molecule has 1 aliphatic heterocycles. The first-order valence-electron chi connectivity index (χ1n) is 8.19. The highest BCUT2D eigenvalue weighted by atomic mass is 16.5. The second kappa shape index (κ2) is 9.72. The van der Waals surface area contributed by atoms with Gasteiger partial charge in [-0.2, -0.15) is 0 Å². The van der Waals surface area contributed by atoms with Crippen LogP contribution in [0, 0.1) is 5.41 Å². The summed E-state index contributed by atoms with van der Waals surface area (Å²) in [6.45, 7) is 13.8. The Kier molecular flexibility index (Phi) is 8.69. The van der Waals surface area contributed by atoms with E-state index in [0.29, 0.717) is 11.5 Å². The Morgan fingerprint density at radius 2 is 2.00 bits per heavy atom. The van der Waals surface area contributed by atoms with Crippen LogP contribution < -0.4 is 5.32 Å². The fourth-order valence-electron chi connectivity index (χ4n) is 3.08. The van der Waals surface area contributed by atoms with Gasteiger partial charge in [-0.1, -0.05) is 13.8 Å². The zero-order valence-corrected chi connectivity index (χ0v) is 13.9. The number of nitrogens with zero attached hydrogens (tertiary/aromatic N) is 1. The second-order valence-corrected chi connectivity index (χ2v) is 6.16. The molecule has 0 aromatic heterocycles. The van der Waals surface area contributed by atoms with Gasteiger partial charge < -0.3 is 14.8 Å². The molecule has 0 aliphatic carbocycles. The minimum absolute atomic E-state index is 0.366. The molecule has 1 unspecified atom stereocenters. The molecule has 1 heterocycles. The highest BCUT2D eigenvalue weighted by Crippen LogP contribution is 2.31. The van der Waals surface area contributed by atoms with Crippen LogP contribution in [0.2, 0.25) is 0 Å². The number of ether oxygens (including phenoxy) is 2. The van der Waals surface area contributed by atoms with Crippen LogP contribution in [0.5, 0.6) is 0 Å². The summed E-state index contributed by atoms with van der Waals surface area (Å²) in [5.74, 6) is 0. The van der Waals surface area contributed by atoms with E-state index in [4.69, 9.17) is 9.47 Å². The molecule has 20 heavy (non-hydrogen) atoms. The molecule has 0 aromatic carbocycles. The summed E-state index contributed by atoms with van der Waals surface area (Å²) in [7, 11) is 1.79. The standard InChI is InChI=1S/C16H34N2O2/c1-5-9-17-13-16(7-10-20-11-8-16)14-18(6-2)15(3)12-19-4/h15,17H,5-14H2,1-4H3. The summed E-state index contributed by atoms with van der Waals surface area (Å²) in [4.78, 5) is 2.56. The average Bonchev–Trinajstić information content (AvgIpc) is 2.46. The topological polar surface area (TPSA) is 33.7 Å². The van der Waals surface area contributed by atoms with Gasteiger partial charge in [0.2, 0.25) is 0 Å². The average molecular weight is 286 g/mol. The minimum atomic E-state index is 0.366. The molecule has 4 nitrogen and oxygen atoms in total. The Bertz CT molecular complexity index is 243. The SMILES string of the molecule is CCCNCC1(CN(CC)C(C)COC)CCOCC1. The number of hydrogen-bond donors (Lipinski definition) is 1. The fourth-order valence-corrected chi connectivity index (χ4v) is 3.08. The van der Waals surface area contributed by atoms with Crippen molar-refractivity contribution in [1.29, 1.82) is 0 Å². The van der Waals surface area contributed by atoms with Gasteiger partial charge in [0, 0.05) is 39.5 Å². The summed E-state index contributed by atoms with van der Waals surface area (Å²) >= 11 is 0. The van der Waals surface area contributed by atoms with E-state index >= 15 is 0 Å². The Morgan fingerprint density at radius 3 is 2.55 bits per heavy atom. The van der Waals surface area contributed by atoms with Crippen molar-refractivity contribution in [1.82, 2.24) is 10.2 Å². The van der Waals surface area contributed by atoms with Gasteiger partial charge in [-0.25, -0.2) is 0 Å². The van der Waals surface area contributed by atoms with Crippen LogP contribution >= 0.6 is 0 Å². The van der Waals surface area contributed by atoms with Crippen LogP contribution in [0.3, 0.4) is 0 Å². The van der Waals surface area contributed by atoms with Gasteiger partial charge >= 0.3 is 0 Å². The van der Waals surface area contributed by atoms with Crippen LogP contribution in [0.25, 0.3) is 0 Å². The number of methoxy groups -OCH3 is 1. The van der Waals surface area contributed by atoms with E-state index in [-0.39, 0.29) is 0 Å². The maximum absolute atomic E-state index is 5.58. The molecule has 1 rings (SSSR count). The molecule has 0 saturated carbocycles. The monoisotopic (exact) mass is 286 g/mol. The molecule has 0 radical (unpaired) electrons. The summed E-state index contributed by atoms with van der Waals surface area (Å²) in [5.41, 5.74) is 0.366. The lowest BCUT2D eigenvalue weighted by Crippen LogP contribution is -2.50. The van der Waals surface area contributed by atoms with Crippen LogP contribution in [-0.4, -0.2) is 64.1 Å². The van der Waals surface area contributed by atoms with Crippen LogP contribution in [0.15, 0.2) is 0 Å². The number of rotatable bonds is 10. The van der Waals surface area contributed by atoms with Crippen molar-refractivity contribution in [3.63, 3.8) is 0 Å². The number of hydrogen-bond acceptors (Lipinski definition) is 4. The number of likely N-dealkylation sites (N-methyl/N-ethyl adjacent to an activating group) is 1.